The zero-order chi connectivity index (χ0) is 13.5. The molecular weight excluding hydrogens is 236 g/mol. The first-order chi connectivity index (χ1) is 8.56. The number of carbonyl (C=O) groups excluding carboxylic acids is 1. The van der Waals surface area contributed by atoms with Crippen molar-refractivity contribution in [3.63, 3.8) is 0 Å². The van der Waals surface area contributed by atoms with Gasteiger partial charge in [-0.15, -0.1) is 0 Å². The standard InChI is InChI=1S/C11H20N4O3/c1-4-5-9-10(15(17)18-14-9)11(16)13-7-6-12-8(2)3/h8,12H,4-7H2,1-3H3,(H,13,16). The van der Waals surface area contributed by atoms with Gasteiger partial charge in [-0.3, -0.25) is 9.42 Å². The van der Waals surface area contributed by atoms with E-state index < -0.39 is 5.91 Å². The summed E-state index contributed by atoms with van der Waals surface area (Å²) in [5.74, 6) is -0.444. The zero-order valence-corrected chi connectivity index (χ0v) is 11.0. The third kappa shape index (κ3) is 3.99. The normalized spacial score (nSPS) is 10.9. The highest BCUT2D eigenvalue weighted by molar-refractivity contribution is 5.91. The van der Waals surface area contributed by atoms with Crippen molar-refractivity contribution in [2.75, 3.05) is 13.1 Å². The number of hydrogen-bond acceptors (Lipinski definition) is 5. The minimum Gasteiger partial charge on any atom is -0.359 e. The van der Waals surface area contributed by atoms with E-state index in [4.69, 9.17) is 0 Å². The van der Waals surface area contributed by atoms with E-state index in [0.29, 0.717) is 31.2 Å². The molecule has 0 fully saturated rings. The number of nitrogens with zero attached hydrogens (tertiary/aromatic N) is 2. The van der Waals surface area contributed by atoms with Crippen LogP contribution in [0.3, 0.4) is 0 Å². The van der Waals surface area contributed by atoms with E-state index >= 15 is 0 Å². The van der Waals surface area contributed by atoms with Crippen LogP contribution in [0.25, 0.3) is 0 Å². The highest BCUT2D eigenvalue weighted by Gasteiger charge is 2.25. The van der Waals surface area contributed by atoms with Crippen LogP contribution in [0.4, 0.5) is 0 Å². The molecule has 7 heteroatoms. The zero-order valence-electron chi connectivity index (χ0n) is 11.0. The van der Waals surface area contributed by atoms with Crippen LogP contribution in [-0.4, -0.2) is 30.2 Å². The highest BCUT2D eigenvalue weighted by atomic mass is 16.8. The first-order valence-corrected chi connectivity index (χ1v) is 6.16. The smallest absolute Gasteiger partial charge is 0.299 e. The van der Waals surface area contributed by atoms with Gasteiger partial charge in [0.15, 0.2) is 0 Å². The Morgan fingerprint density at radius 2 is 2.22 bits per heavy atom. The van der Waals surface area contributed by atoms with Gasteiger partial charge in [-0.25, -0.2) is 0 Å². The average molecular weight is 256 g/mol. The lowest BCUT2D eigenvalue weighted by atomic mass is 10.2. The molecule has 1 aromatic heterocycles. The maximum atomic E-state index is 11.8. The molecule has 0 bridgehead atoms. The molecule has 0 spiro atoms. The Morgan fingerprint density at radius 3 is 2.83 bits per heavy atom. The molecular formula is C11H20N4O3. The molecule has 1 heterocycles. The van der Waals surface area contributed by atoms with Gasteiger partial charge in [0.2, 0.25) is 5.69 Å². The summed E-state index contributed by atoms with van der Waals surface area (Å²) in [5, 5.41) is 20.7. The molecule has 1 rings (SSSR count). The predicted molar refractivity (Wildman–Crippen MR) is 64.9 cm³/mol. The van der Waals surface area contributed by atoms with Crippen molar-refractivity contribution >= 4 is 5.91 Å². The molecule has 0 aromatic carbocycles. The van der Waals surface area contributed by atoms with Crippen molar-refractivity contribution in [2.45, 2.75) is 39.7 Å². The van der Waals surface area contributed by atoms with Gasteiger partial charge in [0.1, 0.15) is 0 Å². The Labute approximate surface area is 106 Å². The van der Waals surface area contributed by atoms with Crippen LogP contribution in [0, 0.1) is 5.21 Å². The van der Waals surface area contributed by atoms with Crippen molar-refractivity contribution in [1.29, 1.82) is 0 Å². The van der Waals surface area contributed by atoms with E-state index in [1.54, 1.807) is 0 Å². The summed E-state index contributed by atoms with van der Waals surface area (Å²) in [6.45, 7) is 7.09. The monoisotopic (exact) mass is 256 g/mol. The summed E-state index contributed by atoms with van der Waals surface area (Å²) in [6.07, 6.45) is 1.34. The maximum absolute atomic E-state index is 11.8. The molecule has 0 saturated heterocycles. The van der Waals surface area contributed by atoms with Gasteiger partial charge in [0, 0.05) is 30.7 Å². The van der Waals surface area contributed by atoms with E-state index in [-0.39, 0.29) is 10.6 Å². The van der Waals surface area contributed by atoms with Crippen molar-refractivity contribution in [3.8, 4) is 0 Å². The first kappa shape index (κ1) is 14.4. The van der Waals surface area contributed by atoms with Crippen molar-refractivity contribution in [3.05, 3.63) is 16.6 Å². The quantitative estimate of drug-likeness (QED) is 0.528. The van der Waals surface area contributed by atoms with E-state index in [1.807, 2.05) is 20.8 Å². The molecule has 0 unspecified atom stereocenters. The van der Waals surface area contributed by atoms with Gasteiger partial charge in [0.25, 0.3) is 11.6 Å². The van der Waals surface area contributed by atoms with E-state index in [2.05, 4.69) is 20.4 Å². The number of nitrogens with one attached hydrogen (secondary N) is 2. The predicted octanol–water partition coefficient (Wildman–Crippen LogP) is -0.0117. The third-order valence-corrected chi connectivity index (χ3v) is 2.35. The molecule has 7 nitrogen and oxygen atoms in total. The molecule has 0 aliphatic heterocycles. The fraction of sp³-hybridized carbons (Fsp3) is 0.727. The lowest BCUT2D eigenvalue weighted by Crippen LogP contribution is -2.40. The van der Waals surface area contributed by atoms with E-state index in [0.717, 1.165) is 6.42 Å². The Kier molecular flexibility index (Phi) is 5.57. The Morgan fingerprint density at radius 1 is 1.50 bits per heavy atom. The number of aromatic nitrogens is 2. The Bertz CT molecular complexity index is 390. The number of hydrogen-bond donors (Lipinski definition) is 2. The molecule has 1 amide bonds. The molecule has 0 atom stereocenters. The van der Waals surface area contributed by atoms with Gasteiger partial charge in [-0.2, -0.15) is 0 Å². The van der Waals surface area contributed by atoms with Crippen LogP contribution < -0.4 is 15.5 Å². The van der Waals surface area contributed by atoms with Crippen LogP contribution in [0.5, 0.6) is 0 Å². The topological polar surface area (TPSA) is 94.1 Å². The molecule has 1 aromatic rings. The minimum atomic E-state index is -0.444. The second kappa shape index (κ2) is 6.95. The van der Waals surface area contributed by atoms with Crippen LogP contribution in [0.15, 0.2) is 4.63 Å². The maximum Gasteiger partial charge on any atom is 0.299 e. The molecule has 2 N–H and O–H groups in total. The summed E-state index contributed by atoms with van der Waals surface area (Å²) in [6, 6.07) is 0.359. The summed E-state index contributed by atoms with van der Waals surface area (Å²) in [7, 11) is 0. The summed E-state index contributed by atoms with van der Waals surface area (Å²) >= 11 is 0. The van der Waals surface area contributed by atoms with Gasteiger partial charge in [0.05, 0.1) is 0 Å². The van der Waals surface area contributed by atoms with Gasteiger partial charge in [-0.05, 0) is 11.3 Å². The van der Waals surface area contributed by atoms with Crippen LogP contribution >= 0.6 is 0 Å². The third-order valence-electron chi connectivity index (χ3n) is 2.35. The highest BCUT2D eigenvalue weighted by Crippen LogP contribution is 2.03. The van der Waals surface area contributed by atoms with Crippen LogP contribution in [0.2, 0.25) is 0 Å². The Hall–Kier alpha value is -1.63. The number of carbonyl (C=O) groups is 1. The summed E-state index contributed by atoms with van der Waals surface area (Å²) in [4.78, 5) is 12.0. The lowest BCUT2D eigenvalue weighted by molar-refractivity contribution is -0.803. The number of amides is 1. The number of rotatable bonds is 7. The molecule has 0 aliphatic carbocycles. The van der Waals surface area contributed by atoms with Crippen molar-refractivity contribution in [2.24, 2.45) is 0 Å². The van der Waals surface area contributed by atoms with Gasteiger partial charge < -0.3 is 15.8 Å². The van der Waals surface area contributed by atoms with Gasteiger partial charge >= 0.3 is 0 Å². The summed E-state index contributed by atoms with van der Waals surface area (Å²) in [5.41, 5.74) is 0.364. The van der Waals surface area contributed by atoms with Crippen molar-refractivity contribution in [1.82, 2.24) is 15.8 Å². The fourth-order valence-electron chi connectivity index (χ4n) is 1.51. The molecule has 0 radical (unpaired) electrons. The Balaban J connectivity index is 2.53. The van der Waals surface area contributed by atoms with E-state index in [1.165, 1.54) is 0 Å². The lowest BCUT2D eigenvalue weighted by Gasteiger charge is -2.08. The first-order valence-electron chi connectivity index (χ1n) is 6.16. The largest absolute Gasteiger partial charge is 0.359 e. The average Bonchev–Trinajstić information content (AvgIpc) is 2.66. The second-order valence-corrected chi connectivity index (χ2v) is 4.34. The summed E-state index contributed by atoms with van der Waals surface area (Å²) < 4.78 is 4.45. The molecule has 102 valence electrons. The SMILES string of the molecule is CCCc1no[n+]([O-])c1C(=O)NCCNC(C)C. The second-order valence-electron chi connectivity index (χ2n) is 4.34. The minimum absolute atomic E-state index is 0.0404. The van der Waals surface area contributed by atoms with Gasteiger partial charge in [-0.1, -0.05) is 20.8 Å². The van der Waals surface area contributed by atoms with Crippen LogP contribution in [0.1, 0.15) is 43.4 Å². The van der Waals surface area contributed by atoms with Crippen molar-refractivity contribution < 1.29 is 14.3 Å². The number of aryl methyl sites for hydroxylation is 1. The van der Waals surface area contributed by atoms with E-state index in [9.17, 15) is 10.0 Å². The van der Waals surface area contributed by atoms with Crippen LogP contribution in [-0.2, 0) is 6.42 Å². The molecule has 18 heavy (non-hydrogen) atoms. The molecule has 0 aliphatic rings. The fourth-order valence-corrected chi connectivity index (χ4v) is 1.51. The molecule has 0 saturated carbocycles.